The molecule has 86 valence electrons. The average Bonchev–Trinajstić information content (AvgIpc) is 2.80. The lowest BCUT2D eigenvalue weighted by Gasteiger charge is -2.32. The Morgan fingerprint density at radius 3 is 2.94 bits per heavy atom. The van der Waals surface area contributed by atoms with Crippen molar-refractivity contribution in [1.82, 2.24) is 15.3 Å². The van der Waals surface area contributed by atoms with Gasteiger partial charge < -0.3 is 5.32 Å². The first-order valence-electron chi connectivity index (χ1n) is 6.40. The third kappa shape index (κ3) is 1.96. The summed E-state index contributed by atoms with van der Waals surface area (Å²) in [5, 5.41) is 3.54. The van der Waals surface area contributed by atoms with Gasteiger partial charge in [0.05, 0.1) is 0 Å². The van der Waals surface area contributed by atoms with E-state index in [1.807, 2.05) is 18.5 Å². The zero-order chi connectivity index (χ0) is 10.8. The van der Waals surface area contributed by atoms with Gasteiger partial charge in [0.1, 0.15) is 5.82 Å². The summed E-state index contributed by atoms with van der Waals surface area (Å²) in [5.41, 5.74) is 0. The van der Waals surface area contributed by atoms with Crippen molar-refractivity contribution in [2.24, 2.45) is 17.8 Å². The van der Waals surface area contributed by atoms with E-state index in [-0.39, 0.29) is 0 Å². The van der Waals surface area contributed by atoms with Gasteiger partial charge >= 0.3 is 0 Å². The molecule has 3 atom stereocenters. The first-order chi connectivity index (χ1) is 7.93. The highest BCUT2D eigenvalue weighted by atomic mass is 14.9. The zero-order valence-electron chi connectivity index (χ0n) is 9.60. The molecular weight excluding hydrogens is 198 g/mol. The molecule has 2 heterocycles. The van der Waals surface area contributed by atoms with Gasteiger partial charge in [-0.3, -0.25) is 0 Å². The van der Waals surface area contributed by atoms with E-state index in [4.69, 9.17) is 0 Å². The molecule has 0 spiro atoms. The van der Waals surface area contributed by atoms with E-state index in [9.17, 15) is 0 Å². The van der Waals surface area contributed by atoms with Crippen molar-refractivity contribution in [2.75, 3.05) is 13.1 Å². The molecule has 16 heavy (non-hydrogen) atoms. The Morgan fingerprint density at radius 2 is 2.06 bits per heavy atom. The second-order valence-electron chi connectivity index (χ2n) is 5.14. The Bertz CT molecular complexity index is 338. The minimum Gasteiger partial charge on any atom is -0.316 e. The lowest BCUT2D eigenvalue weighted by atomic mass is 9.72. The van der Waals surface area contributed by atoms with E-state index in [1.165, 1.54) is 32.4 Å². The van der Waals surface area contributed by atoms with Crippen LogP contribution in [0.15, 0.2) is 18.5 Å². The monoisotopic (exact) mass is 217 g/mol. The van der Waals surface area contributed by atoms with E-state index in [2.05, 4.69) is 15.3 Å². The van der Waals surface area contributed by atoms with Crippen molar-refractivity contribution in [3.63, 3.8) is 0 Å². The third-order valence-electron chi connectivity index (χ3n) is 4.21. The third-order valence-corrected chi connectivity index (χ3v) is 4.21. The fraction of sp³-hybridized carbons (Fsp3) is 0.692. The van der Waals surface area contributed by atoms with Gasteiger partial charge in [0.2, 0.25) is 0 Å². The molecular formula is C13H19N3. The maximum absolute atomic E-state index is 4.36. The normalized spacial score (nSPS) is 33.6. The topological polar surface area (TPSA) is 37.8 Å². The molecule has 1 aromatic rings. The quantitative estimate of drug-likeness (QED) is 0.818. The van der Waals surface area contributed by atoms with Crippen molar-refractivity contribution in [3.8, 4) is 0 Å². The lowest BCUT2D eigenvalue weighted by Crippen LogP contribution is -2.29. The number of nitrogens with zero attached hydrogens (tertiary/aromatic N) is 2. The van der Waals surface area contributed by atoms with Crippen LogP contribution in [0.25, 0.3) is 0 Å². The molecule has 0 amide bonds. The van der Waals surface area contributed by atoms with Gasteiger partial charge in [-0.25, -0.2) is 9.97 Å². The highest BCUT2D eigenvalue weighted by Gasteiger charge is 2.36. The number of aromatic nitrogens is 2. The largest absolute Gasteiger partial charge is 0.316 e. The van der Waals surface area contributed by atoms with Crippen LogP contribution < -0.4 is 5.32 Å². The summed E-state index contributed by atoms with van der Waals surface area (Å²) in [4.78, 5) is 8.71. The standard InChI is InChI=1S/C13H19N3/c1-3-10(7-13-15-5-2-6-16-13)12-9-14-8-11(12)4-1/h2,5-6,10-12,14H,1,3-4,7-9H2. The molecule has 1 N–H and O–H groups in total. The Labute approximate surface area is 96.7 Å². The molecule has 0 radical (unpaired) electrons. The van der Waals surface area contributed by atoms with Crippen LogP contribution in [0.3, 0.4) is 0 Å². The minimum absolute atomic E-state index is 0.802. The Balaban J connectivity index is 1.70. The second kappa shape index (κ2) is 4.50. The molecule has 1 aliphatic heterocycles. The number of rotatable bonds is 2. The molecule has 1 aromatic heterocycles. The van der Waals surface area contributed by atoms with Gasteiger partial charge in [-0.05, 0) is 49.8 Å². The molecule has 2 fully saturated rings. The number of hydrogen-bond acceptors (Lipinski definition) is 3. The van der Waals surface area contributed by atoms with Gasteiger partial charge in [0.15, 0.2) is 0 Å². The maximum atomic E-state index is 4.36. The summed E-state index contributed by atoms with van der Waals surface area (Å²) >= 11 is 0. The van der Waals surface area contributed by atoms with Gasteiger partial charge in [-0.1, -0.05) is 6.42 Å². The first-order valence-corrected chi connectivity index (χ1v) is 6.40. The molecule has 0 aromatic carbocycles. The number of hydrogen-bond donors (Lipinski definition) is 1. The Hall–Kier alpha value is -0.960. The van der Waals surface area contributed by atoms with Crippen LogP contribution in [0.5, 0.6) is 0 Å². The fourth-order valence-corrected chi connectivity index (χ4v) is 3.40. The van der Waals surface area contributed by atoms with Crippen molar-refractivity contribution in [2.45, 2.75) is 25.7 Å². The molecule has 0 bridgehead atoms. The van der Waals surface area contributed by atoms with Crippen LogP contribution in [0, 0.1) is 17.8 Å². The summed E-state index contributed by atoms with van der Waals surface area (Å²) in [6.07, 6.45) is 8.96. The Kier molecular flexibility index (Phi) is 2.87. The highest BCUT2D eigenvalue weighted by molar-refractivity contribution is 4.96. The zero-order valence-corrected chi connectivity index (χ0v) is 9.60. The average molecular weight is 217 g/mol. The van der Waals surface area contributed by atoms with Gasteiger partial charge in [-0.15, -0.1) is 0 Å². The molecule has 3 unspecified atom stereocenters. The van der Waals surface area contributed by atoms with E-state index in [0.29, 0.717) is 0 Å². The molecule has 1 aliphatic carbocycles. The highest BCUT2D eigenvalue weighted by Crippen LogP contribution is 2.38. The SMILES string of the molecule is c1cnc(CC2CCCC3CNCC32)nc1. The maximum Gasteiger partial charge on any atom is 0.128 e. The van der Waals surface area contributed by atoms with Gasteiger partial charge in [0.25, 0.3) is 0 Å². The minimum atomic E-state index is 0.802. The molecule has 3 rings (SSSR count). The van der Waals surface area contributed by atoms with Gasteiger partial charge in [0, 0.05) is 18.8 Å². The van der Waals surface area contributed by atoms with E-state index in [1.54, 1.807) is 0 Å². The summed E-state index contributed by atoms with van der Waals surface area (Å²) in [5.74, 6) is 3.62. The molecule has 1 saturated heterocycles. The van der Waals surface area contributed by atoms with Crippen LogP contribution in [0.2, 0.25) is 0 Å². The number of nitrogens with one attached hydrogen (secondary N) is 1. The van der Waals surface area contributed by atoms with Crippen molar-refractivity contribution < 1.29 is 0 Å². The van der Waals surface area contributed by atoms with Crippen LogP contribution in [0.1, 0.15) is 25.1 Å². The molecule has 1 saturated carbocycles. The lowest BCUT2D eigenvalue weighted by molar-refractivity contribution is 0.196. The van der Waals surface area contributed by atoms with E-state index >= 15 is 0 Å². The summed E-state index contributed by atoms with van der Waals surface area (Å²) in [7, 11) is 0. The van der Waals surface area contributed by atoms with Crippen LogP contribution in [-0.2, 0) is 6.42 Å². The van der Waals surface area contributed by atoms with Crippen LogP contribution in [-0.4, -0.2) is 23.1 Å². The van der Waals surface area contributed by atoms with Crippen molar-refractivity contribution >= 4 is 0 Å². The summed E-state index contributed by atoms with van der Waals surface area (Å²) in [6, 6.07) is 1.89. The summed E-state index contributed by atoms with van der Waals surface area (Å²) < 4.78 is 0. The van der Waals surface area contributed by atoms with Gasteiger partial charge in [-0.2, -0.15) is 0 Å². The van der Waals surface area contributed by atoms with E-state index in [0.717, 1.165) is 30.0 Å². The Morgan fingerprint density at radius 1 is 1.19 bits per heavy atom. The van der Waals surface area contributed by atoms with E-state index < -0.39 is 0 Å². The predicted octanol–water partition coefficient (Wildman–Crippen LogP) is 1.65. The number of fused-ring (bicyclic) bond motifs is 1. The van der Waals surface area contributed by atoms with Crippen LogP contribution in [0.4, 0.5) is 0 Å². The fourth-order valence-electron chi connectivity index (χ4n) is 3.40. The summed E-state index contributed by atoms with van der Waals surface area (Å²) in [6.45, 7) is 2.44. The van der Waals surface area contributed by atoms with Crippen molar-refractivity contribution in [3.05, 3.63) is 24.3 Å². The smallest absolute Gasteiger partial charge is 0.128 e. The van der Waals surface area contributed by atoms with Crippen molar-refractivity contribution in [1.29, 1.82) is 0 Å². The molecule has 3 nitrogen and oxygen atoms in total. The van der Waals surface area contributed by atoms with Crippen LogP contribution >= 0.6 is 0 Å². The second-order valence-corrected chi connectivity index (χ2v) is 5.14. The molecule has 3 heteroatoms. The predicted molar refractivity (Wildman–Crippen MR) is 62.9 cm³/mol. The first kappa shape index (κ1) is 10.2. The molecule has 2 aliphatic rings.